The normalized spacial score (nSPS) is 16.5. The molecule has 0 N–H and O–H groups in total. The molecule has 5 nitrogen and oxygen atoms in total. The third kappa shape index (κ3) is 6.59. The molecular weight excluding hydrogens is 292 g/mol. The van der Waals surface area contributed by atoms with E-state index in [1.807, 2.05) is 30.3 Å². The molecule has 1 fully saturated rings. The average molecular weight is 320 g/mol. The van der Waals surface area contributed by atoms with Gasteiger partial charge in [0.1, 0.15) is 5.75 Å². The Morgan fingerprint density at radius 2 is 1.83 bits per heavy atom. The molecule has 0 aliphatic carbocycles. The van der Waals surface area contributed by atoms with Crippen LogP contribution in [0.2, 0.25) is 0 Å². The highest BCUT2D eigenvalue weighted by Gasteiger charge is 2.18. The molecule has 0 atom stereocenters. The average Bonchev–Trinajstić information content (AvgIpc) is 2.58. The molecule has 0 bridgehead atoms. The van der Waals surface area contributed by atoms with Crippen LogP contribution in [0.5, 0.6) is 5.75 Å². The molecule has 0 saturated carbocycles. The molecule has 1 aromatic rings. The Labute approximate surface area is 139 Å². The molecule has 0 amide bonds. The highest BCUT2D eigenvalue weighted by Crippen LogP contribution is 2.08. The number of para-hydroxylation sites is 1. The summed E-state index contributed by atoms with van der Waals surface area (Å²) in [5, 5.41) is 0. The van der Waals surface area contributed by atoms with Crippen molar-refractivity contribution in [2.75, 3.05) is 45.9 Å². The predicted octanol–water partition coefficient (Wildman–Crippen LogP) is 2.02. The number of benzene rings is 1. The van der Waals surface area contributed by atoms with Gasteiger partial charge < -0.3 is 14.4 Å². The fraction of sp³-hybridized carbons (Fsp3) is 0.611. The van der Waals surface area contributed by atoms with Crippen LogP contribution in [-0.2, 0) is 9.53 Å². The summed E-state index contributed by atoms with van der Waals surface area (Å²) in [5.41, 5.74) is 0. The first-order valence-electron chi connectivity index (χ1n) is 8.45. The quantitative estimate of drug-likeness (QED) is 0.541. The van der Waals surface area contributed by atoms with Gasteiger partial charge in [-0.25, -0.2) is 4.79 Å². The Morgan fingerprint density at radius 3 is 2.48 bits per heavy atom. The molecule has 1 aliphatic heterocycles. The number of esters is 1. The van der Waals surface area contributed by atoms with Gasteiger partial charge in [-0.1, -0.05) is 18.2 Å². The third-order valence-electron chi connectivity index (χ3n) is 4.12. The predicted molar refractivity (Wildman–Crippen MR) is 90.7 cm³/mol. The molecule has 0 aromatic heterocycles. The number of rotatable bonds is 8. The SMILES string of the molecule is CC(C)N1CCN(CCCOC(=O)COc2ccccc2)CC1. The van der Waals surface area contributed by atoms with Crippen LogP contribution in [0, 0.1) is 0 Å². The molecule has 128 valence electrons. The van der Waals surface area contributed by atoms with E-state index in [1.54, 1.807) is 0 Å². The molecular formula is C18H28N2O3. The van der Waals surface area contributed by atoms with Crippen molar-refractivity contribution in [1.29, 1.82) is 0 Å². The van der Waals surface area contributed by atoms with Crippen LogP contribution in [0.3, 0.4) is 0 Å². The van der Waals surface area contributed by atoms with Crippen molar-refractivity contribution >= 4 is 5.97 Å². The number of carbonyl (C=O) groups is 1. The Balaban J connectivity index is 1.51. The zero-order chi connectivity index (χ0) is 16.5. The van der Waals surface area contributed by atoms with Crippen LogP contribution in [-0.4, -0.2) is 67.7 Å². The minimum atomic E-state index is -0.307. The molecule has 1 heterocycles. The monoisotopic (exact) mass is 320 g/mol. The van der Waals surface area contributed by atoms with Gasteiger partial charge in [-0.05, 0) is 32.4 Å². The maximum atomic E-state index is 11.6. The summed E-state index contributed by atoms with van der Waals surface area (Å²) >= 11 is 0. The summed E-state index contributed by atoms with van der Waals surface area (Å²) < 4.78 is 10.6. The van der Waals surface area contributed by atoms with E-state index in [9.17, 15) is 4.79 Å². The van der Waals surface area contributed by atoms with E-state index < -0.39 is 0 Å². The van der Waals surface area contributed by atoms with Gasteiger partial charge in [0.2, 0.25) is 0 Å². The van der Waals surface area contributed by atoms with Crippen molar-refractivity contribution in [1.82, 2.24) is 9.80 Å². The summed E-state index contributed by atoms with van der Waals surface area (Å²) in [7, 11) is 0. The Hall–Kier alpha value is -1.59. The van der Waals surface area contributed by atoms with Gasteiger partial charge in [-0.15, -0.1) is 0 Å². The van der Waals surface area contributed by atoms with E-state index in [4.69, 9.17) is 9.47 Å². The van der Waals surface area contributed by atoms with Crippen molar-refractivity contribution in [3.8, 4) is 5.75 Å². The third-order valence-corrected chi connectivity index (χ3v) is 4.12. The Bertz CT molecular complexity index is 457. The van der Waals surface area contributed by atoms with Crippen LogP contribution < -0.4 is 4.74 Å². The van der Waals surface area contributed by atoms with Crippen LogP contribution in [0.4, 0.5) is 0 Å². The summed E-state index contributed by atoms with van der Waals surface area (Å²) in [5.74, 6) is 0.381. The standard InChI is InChI=1S/C18H28N2O3/c1-16(2)20-12-10-19(11-13-20)9-6-14-22-18(21)15-23-17-7-4-3-5-8-17/h3-5,7-8,16H,6,9-15H2,1-2H3. The van der Waals surface area contributed by atoms with Crippen LogP contribution in [0.15, 0.2) is 30.3 Å². The number of carbonyl (C=O) groups excluding carboxylic acids is 1. The zero-order valence-corrected chi connectivity index (χ0v) is 14.2. The van der Waals surface area contributed by atoms with Crippen LogP contribution >= 0.6 is 0 Å². The summed E-state index contributed by atoms with van der Waals surface area (Å²) in [4.78, 5) is 16.6. The minimum absolute atomic E-state index is 0.0307. The van der Waals surface area contributed by atoms with E-state index in [1.165, 1.54) is 0 Å². The number of hydrogen-bond acceptors (Lipinski definition) is 5. The lowest BCUT2D eigenvalue weighted by molar-refractivity contribution is -0.146. The largest absolute Gasteiger partial charge is 0.482 e. The van der Waals surface area contributed by atoms with Gasteiger partial charge in [-0.2, -0.15) is 0 Å². The first kappa shape index (κ1) is 17.8. The van der Waals surface area contributed by atoms with Crippen molar-refractivity contribution in [3.05, 3.63) is 30.3 Å². The topological polar surface area (TPSA) is 42.0 Å². The number of piperazine rings is 1. The highest BCUT2D eigenvalue weighted by atomic mass is 16.6. The van der Waals surface area contributed by atoms with Gasteiger partial charge in [0.15, 0.2) is 6.61 Å². The molecule has 0 radical (unpaired) electrons. The van der Waals surface area contributed by atoms with Crippen molar-refractivity contribution in [2.24, 2.45) is 0 Å². The molecule has 0 spiro atoms. The molecule has 23 heavy (non-hydrogen) atoms. The van der Waals surface area contributed by atoms with E-state index in [2.05, 4.69) is 23.6 Å². The van der Waals surface area contributed by atoms with Crippen molar-refractivity contribution < 1.29 is 14.3 Å². The second kappa shape index (κ2) is 9.53. The number of hydrogen-bond donors (Lipinski definition) is 0. The van der Waals surface area contributed by atoms with Gasteiger partial charge in [-0.3, -0.25) is 4.90 Å². The van der Waals surface area contributed by atoms with E-state index in [0.717, 1.165) is 39.1 Å². The maximum absolute atomic E-state index is 11.6. The highest BCUT2D eigenvalue weighted by molar-refractivity contribution is 5.71. The smallest absolute Gasteiger partial charge is 0.344 e. The summed E-state index contributed by atoms with van der Waals surface area (Å²) in [6, 6.07) is 9.93. The fourth-order valence-corrected chi connectivity index (χ4v) is 2.68. The molecule has 1 aromatic carbocycles. The van der Waals surface area contributed by atoms with Gasteiger partial charge in [0.05, 0.1) is 6.61 Å². The number of nitrogens with zero attached hydrogens (tertiary/aromatic N) is 2. The lowest BCUT2D eigenvalue weighted by Gasteiger charge is -2.36. The van der Waals surface area contributed by atoms with Crippen LogP contribution in [0.1, 0.15) is 20.3 Å². The van der Waals surface area contributed by atoms with E-state index in [-0.39, 0.29) is 12.6 Å². The molecule has 1 saturated heterocycles. The molecule has 2 rings (SSSR count). The lowest BCUT2D eigenvalue weighted by Crippen LogP contribution is -2.49. The van der Waals surface area contributed by atoms with Crippen LogP contribution in [0.25, 0.3) is 0 Å². The van der Waals surface area contributed by atoms with Gasteiger partial charge >= 0.3 is 5.97 Å². The first-order valence-corrected chi connectivity index (χ1v) is 8.45. The molecule has 1 aliphatic rings. The van der Waals surface area contributed by atoms with Gasteiger partial charge in [0.25, 0.3) is 0 Å². The van der Waals surface area contributed by atoms with Crippen molar-refractivity contribution in [2.45, 2.75) is 26.3 Å². The Morgan fingerprint density at radius 1 is 1.13 bits per heavy atom. The fourth-order valence-electron chi connectivity index (χ4n) is 2.68. The second-order valence-electron chi connectivity index (χ2n) is 6.15. The maximum Gasteiger partial charge on any atom is 0.344 e. The van der Waals surface area contributed by atoms with E-state index >= 15 is 0 Å². The molecule has 0 unspecified atom stereocenters. The number of ether oxygens (including phenoxy) is 2. The summed E-state index contributed by atoms with van der Waals surface area (Å²) in [6.45, 7) is 10.4. The lowest BCUT2D eigenvalue weighted by atomic mass is 10.2. The Kier molecular flexibility index (Phi) is 7.36. The van der Waals surface area contributed by atoms with Gasteiger partial charge in [0, 0.05) is 38.8 Å². The second-order valence-corrected chi connectivity index (χ2v) is 6.15. The first-order chi connectivity index (χ1) is 11.1. The van der Waals surface area contributed by atoms with Crippen molar-refractivity contribution in [3.63, 3.8) is 0 Å². The molecule has 5 heteroatoms. The minimum Gasteiger partial charge on any atom is -0.482 e. The zero-order valence-electron chi connectivity index (χ0n) is 14.2. The summed E-state index contributed by atoms with van der Waals surface area (Å²) in [6.07, 6.45) is 0.874. The van der Waals surface area contributed by atoms with E-state index in [0.29, 0.717) is 18.4 Å².